The van der Waals surface area contributed by atoms with E-state index >= 15 is 0 Å². The van der Waals surface area contributed by atoms with Crippen LogP contribution < -0.4 is 4.72 Å². The highest BCUT2D eigenvalue weighted by atomic mass is 79.9. The normalized spacial score (nSPS) is 11.4. The molecule has 0 fully saturated rings. The minimum absolute atomic E-state index is 0.0205. The average molecular weight is 391 g/mol. The molecule has 0 radical (unpaired) electrons. The van der Waals surface area contributed by atoms with Gasteiger partial charge in [-0.1, -0.05) is 35.3 Å². The van der Waals surface area contributed by atoms with Crippen LogP contribution in [-0.2, 0) is 14.8 Å². The topological polar surface area (TPSA) is 66.5 Å². The van der Waals surface area contributed by atoms with Crippen molar-refractivity contribution in [3.63, 3.8) is 0 Å². The summed E-state index contributed by atoms with van der Waals surface area (Å²) in [5.74, 6) is -0.0205. The van der Waals surface area contributed by atoms with E-state index in [2.05, 4.69) is 27.6 Å². The molecule has 0 aliphatic rings. The van der Waals surface area contributed by atoms with Crippen molar-refractivity contribution in [3.8, 4) is 0 Å². The number of hydrogen-bond donors (Lipinski definition) is 1. The van der Waals surface area contributed by atoms with Crippen LogP contribution in [0.3, 0.4) is 0 Å². The smallest absolute Gasteiger partial charge is 0.240 e. The molecule has 1 aromatic rings. The molecule has 124 valence electrons. The Hall–Kier alpha value is -0.920. The van der Waals surface area contributed by atoms with Crippen LogP contribution in [0.4, 0.5) is 0 Å². The summed E-state index contributed by atoms with van der Waals surface area (Å²) in [6, 6.07) is 6.47. The first kappa shape index (κ1) is 19.1. The monoisotopic (exact) mass is 390 g/mol. The van der Waals surface area contributed by atoms with Crippen LogP contribution in [0.1, 0.15) is 33.1 Å². The fourth-order valence-corrected chi connectivity index (χ4v) is 3.60. The molecule has 22 heavy (non-hydrogen) atoms. The Morgan fingerprint density at radius 2 is 2.05 bits per heavy atom. The second-order valence-corrected chi connectivity index (χ2v) is 7.61. The van der Waals surface area contributed by atoms with Crippen molar-refractivity contribution < 1.29 is 13.2 Å². The number of sulfonamides is 1. The van der Waals surface area contributed by atoms with E-state index in [0.29, 0.717) is 11.0 Å². The molecule has 0 atom stereocenters. The summed E-state index contributed by atoms with van der Waals surface area (Å²) in [6.07, 6.45) is 2.16. The lowest BCUT2D eigenvalue weighted by atomic mass is 10.3. The Labute approximate surface area is 141 Å². The molecule has 7 heteroatoms. The number of carbonyl (C=O) groups is 1. The van der Waals surface area contributed by atoms with Crippen molar-refractivity contribution in [2.45, 2.75) is 38.0 Å². The van der Waals surface area contributed by atoms with Crippen molar-refractivity contribution in [2.75, 3.05) is 19.6 Å². The van der Waals surface area contributed by atoms with Gasteiger partial charge in [0.25, 0.3) is 0 Å². The molecular weight excluding hydrogens is 368 g/mol. The first-order valence-electron chi connectivity index (χ1n) is 7.43. The molecule has 0 spiro atoms. The predicted octanol–water partition coefficient (Wildman–Crippen LogP) is 2.77. The molecule has 0 unspecified atom stereocenters. The second kappa shape index (κ2) is 9.27. The zero-order valence-corrected chi connectivity index (χ0v) is 15.4. The third-order valence-electron chi connectivity index (χ3n) is 3.25. The summed E-state index contributed by atoms with van der Waals surface area (Å²) in [4.78, 5) is 14.0. The number of hydrogen-bond acceptors (Lipinski definition) is 3. The summed E-state index contributed by atoms with van der Waals surface area (Å²) in [6.45, 7) is 5.49. The minimum Gasteiger partial charge on any atom is -0.343 e. The molecule has 0 heterocycles. The van der Waals surface area contributed by atoms with Gasteiger partial charge in [0.2, 0.25) is 15.9 Å². The average Bonchev–Trinajstić information content (AvgIpc) is 2.48. The summed E-state index contributed by atoms with van der Waals surface area (Å²) < 4.78 is 27.4. The number of unbranched alkanes of at least 4 members (excludes halogenated alkanes) is 1. The van der Waals surface area contributed by atoms with E-state index in [1.54, 1.807) is 17.0 Å². The fourth-order valence-electron chi connectivity index (χ4n) is 1.98. The number of rotatable bonds is 9. The van der Waals surface area contributed by atoms with Crippen molar-refractivity contribution in [1.82, 2.24) is 9.62 Å². The SMILES string of the molecule is CCCCN(CC)C(=O)CCNS(=O)(=O)c1cccc(Br)c1. The van der Waals surface area contributed by atoms with Crippen molar-refractivity contribution in [3.05, 3.63) is 28.7 Å². The van der Waals surface area contributed by atoms with Gasteiger partial charge in [0.15, 0.2) is 0 Å². The maximum Gasteiger partial charge on any atom is 0.240 e. The number of halogens is 1. The molecule has 1 amide bonds. The Balaban J connectivity index is 2.53. The standard InChI is InChI=1S/C15H23BrN2O3S/c1-3-5-11-18(4-2)15(19)9-10-17-22(20,21)14-8-6-7-13(16)12-14/h6-8,12,17H,3-5,9-11H2,1-2H3. The molecule has 0 saturated heterocycles. The third kappa shape index (κ3) is 6.06. The summed E-state index contributed by atoms with van der Waals surface area (Å²) in [5, 5.41) is 0. The van der Waals surface area contributed by atoms with Crippen LogP contribution in [0.5, 0.6) is 0 Å². The quantitative estimate of drug-likeness (QED) is 0.704. The van der Waals surface area contributed by atoms with Crippen LogP contribution >= 0.6 is 15.9 Å². The lowest BCUT2D eigenvalue weighted by molar-refractivity contribution is -0.130. The minimum atomic E-state index is -3.58. The van der Waals surface area contributed by atoms with Gasteiger partial charge in [-0.15, -0.1) is 0 Å². The van der Waals surface area contributed by atoms with E-state index < -0.39 is 10.0 Å². The molecule has 5 nitrogen and oxygen atoms in total. The van der Waals surface area contributed by atoms with Crippen LogP contribution in [0.15, 0.2) is 33.6 Å². The third-order valence-corrected chi connectivity index (χ3v) is 5.21. The molecule has 0 aromatic heterocycles. The van der Waals surface area contributed by atoms with Gasteiger partial charge in [-0.3, -0.25) is 4.79 Å². The lowest BCUT2D eigenvalue weighted by Gasteiger charge is -2.20. The Kier molecular flexibility index (Phi) is 8.06. The predicted molar refractivity (Wildman–Crippen MR) is 91.1 cm³/mol. The number of benzene rings is 1. The van der Waals surface area contributed by atoms with E-state index in [1.807, 2.05) is 6.92 Å². The van der Waals surface area contributed by atoms with E-state index in [4.69, 9.17) is 0 Å². The molecule has 0 aliphatic heterocycles. The number of amides is 1. The lowest BCUT2D eigenvalue weighted by Crippen LogP contribution is -2.35. The maximum absolute atomic E-state index is 12.1. The highest BCUT2D eigenvalue weighted by molar-refractivity contribution is 9.10. The summed E-state index contributed by atoms with van der Waals surface area (Å²) in [5.41, 5.74) is 0. The Morgan fingerprint density at radius 3 is 2.64 bits per heavy atom. The highest BCUT2D eigenvalue weighted by Gasteiger charge is 2.16. The van der Waals surface area contributed by atoms with Gasteiger partial charge in [-0.25, -0.2) is 13.1 Å². The Bertz CT molecular complexity index is 590. The Morgan fingerprint density at radius 1 is 1.32 bits per heavy atom. The molecular formula is C15H23BrN2O3S. The van der Waals surface area contributed by atoms with Gasteiger partial charge in [0.1, 0.15) is 0 Å². The van der Waals surface area contributed by atoms with Gasteiger partial charge in [-0.05, 0) is 31.5 Å². The van der Waals surface area contributed by atoms with Gasteiger partial charge in [0, 0.05) is 30.5 Å². The molecule has 1 rings (SSSR count). The number of carbonyl (C=O) groups excluding carboxylic acids is 1. The zero-order chi connectivity index (χ0) is 16.6. The van der Waals surface area contributed by atoms with Crippen LogP contribution in [0.2, 0.25) is 0 Å². The van der Waals surface area contributed by atoms with Gasteiger partial charge >= 0.3 is 0 Å². The summed E-state index contributed by atoms with van der Waals surface area (Å²) in [7, 11) is -3.58. The van der Waals surface area contributed by atoms with Crippen molar-refractivity contribution in [1.29, 1.82) is 0 Å². The molecule has 0 aliphatic carbocycles. The van der Waals surface area contributed by atoms with Crippen LogP contribution in [0.25, 0.3) is 0 Å². The number of nitrogens with zero attached hydrogens (tertiary/aromatic N) is 1. The highest BCUT2D eigenvalue weighted by Crippen LogP contribution is 2.15. The first-order valence-corrected chi connectivity index (χ1v) is 9.71. The van der Waals surface area contributed by atoms with Gasteiger partial charge in [-0.2, -0.15) is 0 Å². The zero-order valence-electron chi connectivity index (χ0n) is 13.0. The molecule has 0 saturated carbocycles. The van der Waals surface area contributed by atoms with E-state index in [9.17, 15) is 13.2 Å². The van der Waals surface area contributed by atoms with Crippen LogP contribution in [0, 0.1) is 0 Å². The van der Waals surface area contributed by atoms with Crippen molar-refractivity contribution >= 4 is 31.9 Å². The number of nitrogens with one attached hydrogen (secondary N) is 1. The van der Waals surface area contributed by atoms with Gasteiger partial charge < -0.3 is 4.90 Å². The largest absolute Gasteiger partial charge is 0.343 e. The first-order chi connectivity index (χ1) is 10.4. The fraction of sp³-hybridized carbons (Fsp3) is 0.533. The van der Waals surface area contributed by atoms with Crippen molar-refractivity contribution in [2.24, 2.45) is 0 Å². The molecule has 1 aromatic carbocycles. The maximum atomic E-state index is 12.1. The van der Waals surface area contributed by atoms with Crippen LogP contribution in [-0.4, -0.2) is 38.9 Å². The van der Waals surface area contributed by atoms with E-state index in [-0.39, 0.29) is 23.8 Å². The second-order valence-electron chi connectivity index (χ2n) is 4.93. The summed E-state index contributed by atoms with van der Waals surface area (Å²) >= 11 is 3.25. The van der Waals surface area contributed by atoms with Gasteiger partial charge in [0.05, 0.1) is 4.90 Å². The molecule has 1 N–H and O–H groups in total. The van der Waals surface area contributed by atoms with E-state index in [1.165, 1.54) is 12.1 Å². The molecule has 0 bridgehead atoms. The van der Waals surface area contributed by atoms with E-state index in [0.717, 1.165) is 19.4 Å².